The zero-order chi connectivity index (χ0) is 23.1. The minimum absolute atomic E-state index is 0.193. The van der Waals surface area contributed by atoms with Crippen LogP contribution in [0.25, 0.3) is 38.8 Å². The van der Waals surface area contributed by atoms with Crippen LogP contribution in [0.4, 0.5) is 4.39 Å². The predicted molar refractivity (Wildman–Crippen MR) is 129 cm³/mol. The van der Waals surface area contributed by atoms with E-state index in [2.05, 4.69) is 15.0 Å². The molecule has 8 heteroatoms. The molecular weight excluding hydrogens is 417 g/mol. The van der Waals surface area contributed by atoms with E-state index in [1.165, 1.54) is 6.07 Å². The van der Waals surface area contributed by atoms with Gasteiger partial charge in [-0.15, -0.1) is 0 Å². The second-order valence-electron chi connectivity index (χ2n) is 7.68. The third kappa shape index (κ3) is 3.41. The number of hydrogen-bond acceptors (Lipinski definition) is 4. The number of para-hydroxylation sites is 1. The Morgan fingerprint density at radius 2 is 1.85 bits per heavy atom. The van der Waals surface area contributed by atoms with Gasteiger partial charge in [-0.25, -0.2) is 14.4 Å². The van der Waals surface area contributed by atoms with Crippen molar-refractivity contribution in [2.24, 2.45) is 10.7 Å². The molecule has 5 rings (SSSR count). The molecule has 0 aliphatic carbocycles. The Balaban J connectivity index is 1.89. The number of benzene rings is 2. The number of fused-ring (bicyclic) bond motifs is 2. The van der Waals surface area contributed by atoms with Crippen LogP contribution in [-0.4, -0.2) is 31.7 Å². The van der Waals surface area contributed by atoms with E-state index in [-0.39, 0.29) is 11.7 Å². The van der Waals surface area contributed by atoms with E-state index in [9.17, 15) is 4.39 Å². The summed E-state index contributed by atoms with van der Waals surface area (Å²) in [5.41, 5.74) is 12.1. The van der Waals surface area contributed by atoms with Gasteiger partial charge in [0.1, 0.15) is 34.8 Å². The summed E-state index contributed by atoms with van der Waals surface area (Å²) in [6.07, 6.45) is 4.26. The third-order valence-corrected chi connectivity index (χ3v) is 5.58. The average Bonchev–Trinajstić information content (AvgIpc) is 3.14. The first-order chi connectivity index (χ1) is 16.0. The van der Waals surface area contributed by atoms with Gasteiger partial charge in [0, 0.05) is 29.0 Å². The molecule has 0 radical (unpaired) electrons. The zero-order valence-corrected chi connectivity index (χ0v) is 18.0. The smallest absolute Gasteiger partial charge is 0.149 e. The highest BCUT2D eigenvalue weighted by atomic mass is 19.1. The molecule has 0 amide bonds. The number of nitrogens with zero attached hydrogens (tertiary/aromatic N) is 5. The van der Waals surface area contributed by atoms with Gasteiger partial charge in [0.05, 0.1) is 11.2 Å². The topological polar surface area (TPSA) is 106 Å². The van der Waals surface area contributed by atoms with Crippen LogP contribution >= 0.6 is 0 Å². The van der Waals surface area contributed by atoms with E-state index in [4.69, 9.17) is 16.1 Å². The molecule has 0 atom stereocenters. The molecular formula is C25H20FN7. The molecule has 5 aromatic rings. The number of amidine groups is 1. The SMILES string of the molecule is Cc1cc(-c2cc(C(N)=NC=N)c3nc(C)n(-c4ccnc5c(F)cccc45)c3c2)ccn1. The highest BCUT2D eigenvalue weighted by Gasteiger charge is 2.19. The number of hydrogen-bond donors (Lipinski definition) is 2. The van der Waals surface area contributed by atoms with Crippen molar-refractivity contribution in [1.29, 1.82) is 5.41 Å². The maximum absolute atomic E-state index is 14.5. The number of nitrogens with one attached hydrogen (secondary N) is 1. The van der Waals surface area contributed by atoms with Crippen molar-refractivity contribution >= 4 is 34.1 Å². The van der Waals surface area contributed by atoms with Gasteiger partial charge >= 0.3 is 0 Å². The van der Waals surface area contributed by atoms with Crippen molar-refractivity contribution in [2.45, 2.75) is 13.8 Å². The minimum Gasteiger partial charge on any atom is -0.383 e. The number of halogens is 1. The van der Waals surface area contributed by atoms with Crippen LogP contribution in [0.5, 0.6) is 0 Å². The summed E-state index contributed by atoms with van der Waals surface area (Å²) < 4.78 is 16.4. The van der Waals surface area contributed by atoms with Crippen molar-refractivity contribution in [2.75, 3.05) is 0 Å². The highest BCUT2D eigenvalue weighted by molar-refractivity contribution is 6.11. The minimum atomic E-state index is -0.382. The van der Waals surface area contributed by atoms with Crippen LogP contribution in [0, 0.1) is 25.1 Å². The maximum atomic E-state index is 14.5. The van der Waals surface area contributed by atoms with Crippen molar-refractivity contribution in [3.63, 3.8) is 0 Å². The molecule has 0 bridgehead atoms. The lowest BCUT2D eigenvalue weighted by Gasteiger charge is -2.13. The number of aryl methyl sites for hydroxylation is 2. The van der Waals surface area contributed by atoms with E-state index in [0.29, 0.717) is 27.8 Å². The van der Waals surface area contributed by atoms with E-state index in [1.807, 2.05) is 54.8 Å². The van der Waals surface area contributed by atoms with Gasteiger partial charge in [0.25, 0.3) is 0 Å². The second-order valence-corrected chi connectivity index (χ2v) is 7.68. The van der Waals surface area contributed by atoms with Crippen LogP contribution in [0.2, 0.25) is 0 Å². The Labute approximate surface area is 189 Å². The lowest BCUT2D eigenvalue weighted by Crippen LogP contribution is -2.14. The van der Waals surface area contributed by atoms with Crippen LogP contribution < -0.4 is 5.73 Å². The summed E-state index contributed by atoms with van der Waals surface area (Å²) in [5.74, 6) is 0.513. The maximum Gasteiger partial charge on any atom is 0.149 e. The highest BCUT2D eigenvalue weighted by Crippen LogP contribution is 2.32. The molecule has 162 valence electrons. The largest absolute Gasteiger partial charge is 0.383 e. The van der Waals surface area contributed by atoms with Crippen molar-refractivity contribution in [1.82, 2.24) is 19.5 Å². The Hall–Kier alpha value is -4.46. The molecule has 3 heterocycles. The van der Waals surface area contributed by atoms with E-state index >= 15 is 0 Å². The normalized spacial score (nSPS) is 11.9. The fourth-order valence-corrected chi connectivity index (χ4v) is 4.14. The molecule has 0 saturated heterocycles. The monoisotopic (exact) mass is 437 g/mol. The van der Waals surface area contributed by atoms with Gasteiger partial charge < -0.3 is 5.73 Å². The number of nitrogens with two attached hydrogens (primary N) is 1. The van der Waals surface area contributed by atoms with Crippen molar-refractivity contribution in [3.05, 3.63) is 83.8 Å². The Bertz CT molecular complexity index is 1580. The van der Waals surface area contributed by atoms with Gasteiger partial charge in [-0.05, 0) is 61.4 Å². The Morgan fingerprint density at radius 3 is 2.64 bits per heavy atom. The third-order valence-electron chi connectivity index (χ3n) is 5.58. The Morgan fingerprint density at radius 1 is 1.03 bits per heavy atom. The fourth-order valence-electron chi connectivity index (χ4n) is 4.14. The van der Waals surface area contributed by atoms with Gasteiger partial charge in [-0.2, -0.15) is 0 Å². The van der Waals surface area contributed by atoms with Crippen molar-refractivity contribution in [3.8, 4) is 16.8 Å². The van der Waals surface area contributed by atoms with E-state index in [0.717, 1.165) is 34.4 Å². The number of pyridine rings is 2. The molecule has 7 nitrogen and oxygen atoms in total. The molecule has 0 unspecified atom stereocenters. The number of aliphatic imine (C=N–C) groups is 1. The Kier molecular flexibility index (Phi) is 4.90. The first-order valence-electron chi connectivity index (χ1n) is 10.3. The number of imidazole rings is 1. The molecule has 33 heavy (non-hydrogen) atoms. The molecule has 0 fully saturated rings. The average molecular weight is 437 g/mol. The predicted octanol–water partition coefficient (Wildman–Crippen LogP) is 4.70. The van der Waals surface area contributed by atoms with Crippen LogP contribution in [0.3, 0.4) is 0 Å². The summed E-state index contributed by atoms with van der Waals surface area (Å²) in [5, 5.41) is 8.03. The molecule has 0 aliphatic heterocycles. The lowest BCUT2D eigenvalue weighted by molar-refractivity contribution is 0.636. The summed E-state index contributed by atoms with van der Waals surface area (Å²) >= 11 is 0. The fraction of sp³-hybridized carbons (Fsp3) is 0.0800. The van der Waals surface area contributed by atoms with Gasteiger partial charge in [0.2, 0.25) is 0 Å². The molecule has 0 saturated carbocycles. The summed E-state index contributed by atoms with van der Waals surface area (Å²) in [6.45, 7) is 3.81. The standard InChI is InChI=1S/C25H20FN7/c1-14-10-16(6-8-29-14)17-11-19(25(28)31-13-27)24-22(12-17)33(15(2)32-24)21-7-9-30-23-18(21)4-3-5-20(23)26/h3-13H,1-2H3,(H3,27,28,31). The lowest BCUT2D eigenvalue weighted by atomic mass is 10.0. The first kappa shape index (κ1) is 20.4. The van der Waals surface area contributed by atoms with E-state index < -0.39 is 0 Å². The summed E-state index contributed by atoms with van der Waals surface area (Å²) in [4.78, 5) is 17.3. The van der Waals surface area contributed by atoms with Gasteiger partial charge in [0.15, 0.2) is 0 Å². The van der Waals surface area contributed by atoms with Crippen LogP contribution in [0.15, 0.2) is 65.9 Å². The van der Waals surface area contributed by atoms with Gasteiger partial charge in [-0.1, -0.05) is 12.1 Å². The molecule has 0 spiro atoms. The van der Waals surface area contributed by atoms with Gasteiger partial charge in [-0.3, -0.25) is 19.9 Å². The molecule has 3 N–H and O–H groups in total. The molecule has 2 aromatic carbocycles. The number of rotatable bonds is 4. The van der Waals surface area contributed by atoms with E-state index in [1.54, 1.807) is 18.5 Å². The second kappa shape index (κ2) is 7.90. The summed E-state index contributed by atoms with van der Waals surface area (Å²) in [7, 11) is 0. The number of aromatic nitrogens is 4. The molecule has 0 aliphatic rings. The molecule has 3 aromatic heterocycles. The van der Waals surface area contributed by atoms with Crippen LogP contribution in [-0.2, 0) is 0 Å². The quantitative estimate of drug-likeness (QED) is 0.314. The first-order valence-corrected chi connectivity index (χ1v) is 10.3. The van der Waals surface area contributed by atoms with Crippen LogP contribution in [0.1, 0.15) is 17.1 Å². The summed E-state index contributed by atoms with van der Waals surface area (Å²) in [6, 6.07) is 14.6. The zero-order valence-electron chi connectivity index (χ0n) is 18.0. The van der Waals surface area contributed by atoms with Crippen molar-refractivity contribution < 1.29 is 4.39 Å².